The summed E-state index contributed by atoms with van der Waals surface area (Å²) < 4.78 is 0. The van der Waals surface area contributed by atoms with Gasteiger partial charge in [-0.3, -0.25) is 0 Å². The van der Waals surface area contributed by atoms with Crippen LogP contribution in [0.25, 0.3) is 0 Å². The van der Waals surface area contributed by atoms with Crippen molar-refractivity contribution in [2.24, 2.45) is 0 Å². The number of carbonyl (C=O) groups excluding carboxylic acids is 2. The number of carboxylic acids is 2. The number of rotatable bonds is 3. The van der Waals surface area contributed by atoms with Crippen LogP contribution in [0.1, 0.15) is 13.3 Å². The predicted molar refractivity (Wildman–Crippen MR) is 45.9 cm³/mol. The first kappa shape index (κ1) is 15.0. The van der Waals surface area contributed by atoms with Crippen LogP contribution in [0.2, 0.25) is 9.88 Å². The molecule has 13 heavy (non-hydrogen) atoms. The van der Waals surface area contributed by atoms with E-state index in [1.54, 1.807) is 0 Å². The van der Waals surface area contributed by atoms with E-state index in [-0.39, 0.29) is 33.1 Å². The Labute approximate surface area is 87.9 Å². The van der Waals surface area contributed by atoms with Crippen molar-refractivity contribution in [3.8, 4) is 0 Å². The van der Waals surface area contributed by atoms with Crippen molar-refractivity contribution < 1.29 is 19.8 Å². The summed E-state index contributed by atoms with van der Waals surface area (Å²) >= 11 is 0.230. The quantitative estimate of drug-likeness (QED) is 0.473. The van der Waals surface area contributed by atoms with Crippen LogP contribution in [0.15, 0.2) is 11.6 Å². The Morgan fingerprint density at radius 3 is 1.77 bits per heavy atom. The van der Waals surface area contributed by atoms with E-state index in [4.69, 9.17) is 0 Å². The molecular weight excluding hydrogens is 279 g/mol. The second kappa shape index (κ2) is 9.57. The molecule has 0 amide bonds. The molecule has 0 rings (SSSR count). The first-order chi connectivity index (χ1) is 5.99. The molecule has 0 saturated heterocycles. The van der Waals surface area contributed by atoms with Crippen LogP contribution in [-0.2, 0) is 9.59 Å². The monoisotopic (exact) mass is 292 g/mol. The van der Waals surface area contributed by atoms with Gasteiger partial charge in [0.15, 0.2) is 0 Å². The molecule has 0 aliphatic carbocycles. The van der Waals surface area contributed by atoms with Gasteiger partial charge < -0.3 is 19.8 Å². The van der Waals surface area contributed by atoms with E-state index in [1.807, 2.05) is 0 Å². The predicted octanol–water partition coefficient (Wildman–Crippen LogP) is -1.39. The fourth-order valence-electron chi connectivity index (χ4n) is 0.448. The first-order valence-corrected chi connectivity index (χ1v) is 9.41. The number of carbonyl (C=O) groups is 2. The molecule has 0 aromatic rings. The van der Waals surface area contributed by atoms with Gasteiger partial charge in [0.2, 0.25) is 0 Å². The molecular formula is C8H12O4Sn. The Balaban J connectivity index is 0. The Hall–Kier alpha value is -0.521. The third-order valence-electron chi connectivity index (χ3n) is 0.935. The van der Waals surface area contributed by atoms with Crippen LogP contribution in [0.3, 0.4) is 0 Å². The standard InChI is InChI=1S/C6H8O4.2CH3.Sn/c1-2-4(6(9)10)3-5(7)8;;;/h3H,2H2,1H3,(H,7,8)(H,9,10);2*1H3;/q;;;+2/p-2/b4-3-;;;. The summed E-state index contributed by atoms with van der Waals surface area (Å²) in [5.41, 5.74) is -0.264. The van der Waals surface area contributed by atoms with E-state index < -0.39 is 11.9 Å². The van der Waals surface area contributed by atoms with Crippen molar-refractivity contribution in [3.05, 3.63) is 11.6 Å². The van der Waals surface area contributed by atoms with Gasteiger partial charge >= 0.3 is 31.0 Å². The van der Waals surface area contributed by atoms with Crippen molar-refractivity contribution in [2.75, 3.05) is 0 Å². The van der Waals surface area contributed by atoms with E-state index in [0.29, 0.717) is 6.08 Å². The second-order valence-corrected chi connectivity index (χ2v) is 4.98. The van der Waals surface area contributed by atoms with Gasteiger partial charge in [0.05, 0.1) is 11.9 Å². The molecule has 0 fully saturated rings. The molecule has 0 heterocycles. The zero-order valence-electron chi connectivity index (χ0n) is 7.92. The van der Waals surface area contributed by atoms with Gasteiger partial charge in [-0.2, -0.15) is 0 Å². The number of hydrogen-bond acceptors (Lipinski definition) is 4. The first-order valence-electron chi connectivity index (χ1n) is 3.70. The Morgan fingerprint density at radius 1 is 1.31 bits per heavy atom. The zero-order chi connectivity index (χ0) is 10.9. The van der Waals surface area contributed by atoms with E-state index >= 15 is 0 Å². The van der Waals surface area contributed by atoms with E-state index in [1.165, 1.54) is 6.92 Å². The molecule has 4 nitrogen and oxygen atoms in total. The van der Waals surface area contributed by atoms with Crippen LogP contribution in [0, 0.1) is 0 Å². The van der Waals surface area contributed by atoms with Gasteiger partial charge in [0.1, 0.15) is 0 Å². The summed E-state index contributed by atoms with van der Waals surface area (Å²) in [7, 11) is 0. The molecule has 0 aliphatic heterocycles. The average Bonchev–Trinajstić information content (AvgIpc) is 2.00. The molecule has 0 N–H and O–H groups in total. The molecule has 0 aromatic heterocycles. The molecule has 0 atom stereocenters. The molecule has 0 radical (unpaired) electrons. The summed E-state index contributed by atoms with van der Waals surface area (Å²) in [5.74, 6) is -2.98. The summed E-state index contributed by atoms with van der Waals surface area (Å²) in [5, 5.41) is 19.8. The third-order valence-corrected chi connectivity index (χ3v) is 0.935. The van der Waals surface area contributed by atoms with E-state index in [2.05, 4.69) is 9.88 Å². The van der Waals surface area contributed by atoms with E-state index in [9.17, 15) is 19.8 Å². The minimum atomic E-state index is -1.51. The zero-order valence-corrected chi connectivity index (χ0v) is 10.8. The van der Waals surface area contributed by atoms with Crippen molar-refractivity contribution in [1.29, 1.82) is 0 Å². The van der Waals surface area contributed by atoms with Crippen molar-refractivity contribution >= 4 is 33.1 Å². The normalized spacial score (nSPS) is 9.31. The Morgan fingerprint density at radius 2 is 1.69 bits per heavy atom. The summed E-state index contributed by atoms with van der Waals surface area (Å²) in [6, 6.07) is 0. The SMILES string of the molecule is CC/C(=C/C(=O)[O-])C(=O)[O-].[CH3][Sn+2][CH3]. The summed E-state index contributed by atoms with van der Waals surface area (Å²) in [4.78, 5) is 24.4. The topological polar surface area (TPSA) is 80.3 Å². The molecule has 72 valence electrons. The number of hydrogen-bond donors (Lipinski definition) is 0. The maximum atomic E-state index is 10.00. The molecule has 0 aromatic carbocycles. The van der Waals surface area contributed by atoms with Gasteiger partial charge in [-0.1, -0.05) is 6.92 Å². The van der Waals surface area contributed by atoms with Gasteiger partial charge in [0, 0.05) is 0 Å². The van der Waals surface area contributed by atoms with Crippen LogP contribution in [0.5, 0.6) is 0 Å². The van der Waals surface area contributed by atoms with Crippen LogP contribution in [-0.4, -0.2) is 33.1 Å². The van der Waals surface area contributed by atoms with Crippen molar-refractivity contribution in [3.63, 3.8) is 0 Å². The van der Waals surface area contributed by atoms with Crippen LogP contribution in [0.4, 0.5) is 0 Å². The van der Waals surface area contributed by atoms with Crippen LogP contribution >= 0.6 is 0 Å². The van der Waals surface area contributed by atoms with Gasteiger partial charge in [-0.15, -0.1) is 0 Å². The second-order valence-electron chi connectivity index (χ2n) is 2.13. The van der Waals surface area contributed by atoms with E-state index in [0.717, 1.165) is 0 Å². The molecule has 5 heteroatoms. The molecule has 0 bridgehead atoms. The van der Waals surface area contributed by atoms with Gasteiger partial charge in [0.25, 0.3) is 0 Å². The molecule has 0 unspecified atom stereocenters. The third kappa shape index (κ3) is 11.5. The Bertz CT molecular complexity index is 198. The van der Waals surface area contributed by atoms with Crippen molar-refractivity contribution in [1.82, 2.24) is 0 Å². The molecule has 0 saturated carbocycles. The minimum absolute atomic E-state index is 0.121. The van der Waals surface area contributed by atoms with Gasteiger partial charge in [-0.05, 0) is 18.1 Å². The molecule has 0 spiro atoms. The number of aliphatic carboxylic acids is 2. The molecule has 0 aliphatic rings. The van der Waals surface area contributed by atoms with Crippen molar-refractivity contribution in [2.45, 2.75) is 23.2 Å². The summed E-state index contributed by atoms with van der Waals surface area (Å²) in [6.45, 7) is 1.52. The summed E-state index contributed by atoms with van der Waals surface area (Å²) in [6.07, 6.45) is 0.644. The average molecular weight is 291 g/mol. The fourth-order valence-corrected chi connectivity index (χ4v) is 0.448. The van der Waals surface area contributed by atoms with Gasteiger partial charge in [-0.25, -0.2) is 0 Å². The fraction of sp³-hybridized carbons (Fsp3) is 0.500. The maximum absolute atomic E-state index is 10.00. The number of carboxylic acid groups (broad SMARTS) is 2. The Kier molecular flexibility index (Phi) is 11.0. The van der Waals surface area contributed by atoms with Crippen LogP contribution < -0.4 is 10.2 Å².